The molecule has 0 spiro atoms. The molecule has 1 aliphatic rings. The van der Waals surface area contributed by atoms with Gasteiger partial charge >= 0.3 is 0 Å². The smallest absolute Gasteiger partial charge is 0.123 e. The van der Waals surface area contributed by atoms with Gasteiger partial charge in [0, 0.05) is 6.54 Å². The zero-order valence-corrected chi connectivity index (χ0v) is 11.2. The van der Waals surface area contributed by atoms with Gasteiger partial charge in [-0.3, -0.25) is 0 Å². The average Bonchev–Trinajstić information content (AvgIpc) is 2.74. The van der Waals surface area contributed by atoms with Gasteiger partial charge in [0.05, 0.1) is 12.2 Å². The fourth-order valence-electron chi connectivity index (χ4n) is 2.72. The molecule has 3 atom stereocenters. The molecule has 1 saturated heterocycles. The molecule has 18 heavy (non-hydrogen) atoms. The van der Waals surface area contributed by atoms with E-state index in [2.05, 4.69) is 12.2 Å². The van der Waals surface area contributed by atoms with Crippen LogP contribution in [0.1, 0.15) is 37.7 Å². The van der Waals surface area contributed by atoms with Gasteiger partial charge in [-0.25, -0.2) is 4.39 Å². The van der Waals surface area contributed by atoms with Crippen LogP contribution in [0.3, 0.4) is 0 Å². The standard InChI is InChI=1S/C15H22FNO/c1-11-6-7-15(18-11)9-13(10-17-2)12-4-3-5-14(16)8-12/h3-5,8,11,13,15,17H,6-7,9-10H2,1-2H3. The lowest BCUT2D eigenvalue weighted by molar-refractivity contribution is 0.0467. The lowest BCUT2D eigenvalue weighted by Gasteiger charge is -2.21. The van der Waals surface area contributed by atoms with E-state index in [1.54, 1.807) is 12.1 Å². The molecule has 1 aromatic rings. The largest absolute Gasteiger partial charge is 0.375 e. The van der Waals surface area contributed by atoms with Crippen LogP contribution in [-0.2, 0) is 4.74 Å². The van der Waals surface area contributed by atoms with Crippen LogP contribution in [0, 0.1) is 5.82 Å². The normalized spacial score (nSPS) is 25.3. The summed E-state index contributed by atoms with van der Waals surface area (Å²) in [7, 11) is 1.93. The van der Waals surface area contributed by atoms with Crippen molar-refractivity contribution in [1.82, 2.24) is 5.32 Å². The monoisotopic (exact) mass is 251 g/mol. The molecule has 1 aliphatic heterocycles. The van der Waals surface area contributed by atoms with Crippen LogP contribution in [0.4, 0.5) is 4.39 Å². The number of likely N-dealkylation sites (N-methyl/N-ethyl adjacent to an activating group) is 1. The maximum atomic E-state index is 13.3. The Morgan fingerprint density at radius 1 is 1.44 bits per heavy atom. The number of rotatable bonds is 5. The number of hydrogen-bond acceptors (Lipinski definition) is 2. The van der Waals surface area contributed by atoms with Crippen LogP contribution in [-0.4, -0.2) is 25.8 Å². The van der Waals surface area contributed by atoms with E-state index < -0.39 is 0 Å². The maximum Gasteiger partial charge on any atom is 0.123 e. The number of benzene rings is 1. The molecule has 100 valence electrons. The van der Waals surface area contributed by atoms with Crippen molar-refractivity contribution in [3.8, 4) is 0 Å². The van der Waals surface area contributed by atoms with Crippen molar-refractivity contribution in [2.75, 3.05) is 13.6 Å². The van der Waals surface area contributed by atoms with Gasteiger partial charge in [-0.05, 0) is 56.8 Å². The van der Waals surface area contributed by atoms with Gasteiger partial charge in [-0.2, -0.15) is 0 Å². The minimum atomic E-state index is -0.158. The van der Waals surface area contributed by atoms with Gasteiger partial charge in [0.15, 0.2) is 0 Å². The van der Waals surface area contributed by atoms with Crippen molar-refractivity contribution >= 4 is 0 Å². The van der Waals surface area contributed by atoms with E-state index in [-0.39, 0.29) is 5.82 Å². The summed E-state index contributed by atoms with van der Waals surface area (Å²) in [4.78, 5) is 0. The molecule has 1 aromatic carbocycles. The Balaban J connectivity index is 2.03. The number of hydrogen-bond donors (Lipinski definition) is 1. The highest BCUT2D eigenvalue weighted by molar-refractivity contribution is 5.21. The van der Waals surface area contributed by atoms with Crippen LogP contribution in [0.25, 0.3) is 0 Å². The van der Waals surface area contributed by atoms with Crippen molar-refractivity contribution < 1.29 is 9.13 Å². The first-order valence-corrected chi connectivity index (χ1v) is 6.74. The highest BCUT2D eigenvalue weighted by atomic mass is 19.1. The highest BCUT2D eigenvalue weighted by Gasteiger charge is 2.25. The summed E-state index contributed by atoms with van der Waals surface area (Å²) >= 11 is 0. The van der Waals surface area contributed by atoms with E-state index in [9.17, 15) is 4.39 Å². The van der Waals surface area contributed by atoms with Crippen molar-refractivity contribution in [1.29, 1.82) is 0 Å². The molecule has 2 rings (SSSR count). The molecule has 1 heterocycles. The molecule has 0 amide bonds. The molecule has 0 aromatic heterocycles. The molecule has 3 heteroatoms. The van der Waals surface area contributed by atoms with Crippen LogP contribution < -0.4 is 5.32 Å². The summed E-state index contributed by atoms with van der Waals surface area (Å²) in [6, 6.07) is 6.92. The lowest BCUT2D eigenvalue weighted by atomic mass is 9.92. The summed E-state index contributed by atoms with van der Waals surface area (Å²) < 4.78 is 19.2. The molecular formula is C15H22FNO. The number of halogens is 1. The molecule has 2 nitrogen and oxygen atoms in total. The summed E-state index contributed by atoms with van der Waals surface area (Å²) in [6.45, 7) is 2.98. The second-order valence-electron chi connectivity index (χ2n) is 5.19. The summed E-state index contributed by atoms with van der Waals surface area (Å²) in [5.41, 5.74) is 1.06. The molecule has 1 fully saturated rings. The Morgan fingerprint density at radius 2 is 2.28 bits per heavy atom. The summed E-state index contributed by atoms with van der Waals surface area (Å²) in [5, 5.41) is 3.19. The molecule has 0 aliphatic carbocycles. The summed E-state index contributed by atoms with van der Waals surface area (Å²) in [6.07, 6.45) is 3.92. The van der Waals surface area contributed by atoms with Gasteiger partial charge in [-0.15, -0.1) is 0 Å². The van der Waals surface area contributed by atoms with Crippen molar-refractivity contribution in [3.63, 3.8) is 0 Å². The second kappa shape index (κ2) is 6.30. The van der Waals surface area contributed by atoms with Gasteiger partial charge in [-0.1, -0.05) is 12.1 Å². The van der Waals surface area contributed by atoms with Crippen LogP contribution in [0.15, 0.2) is 24.3 Å². The fourth-order valence-corrected chi connectivity index (χ4v) is 2.72. The highest BCUT2D eigenvalue weighted by Crippen LogP contribution is 2.29. The first-order valence-electron chi connectivity index (χ1n) is 6.74. The minimum Gasteiger partial charge on any atom is -0.375 e. The molecule has 0 bridgehead atoms. The molecule has 0 saturated carbocycles. The SMILES string of the molecule is CNCC(CC1CCC(C)O1)c1cccc(F)c1. The zero-order chi connectivity index (χ0) is 13.0. The quantitative estimate of drug-likeness (QED) is 0.868. The molecule has 3 unspecified atom stereocenters. The Labute approximate surface area is 109 Å². The van der Waals surface area contributed by atoms with Crippen LogP contribution in [0.2, 0.25) is 0 Å². The Morgan fingerprint density at radius 3 is 2.89 bits per heavy atom. The van der Waals surface area contributed by atoms with Gasteiger partial charge in [0.25, 0.3) is 0 Å². The first kappa shape index (κ1) is 13.5. The van der Waals surface area contributed by atoms with E-state index >= 15 is 0 Å². The molecule has 0 radical (unpaired) electrons. The maximum absolute atomic E-state index is 13.3. The number of ether oxygens (including phenoxy) is 1. The van der Waals surface area contributed by atoms with E-state index in [1.165, 1.54) is 6.07 Å². The lowest BCUT2D eigenvalue weighted by Crippen LogP contribution is -2.22. The van der Waals surface area contributed by atoms with E-state index in [0.29, 0.717) is 18.1 Å². The minimum absolute atomic E-state index is 0.158. The second-order valence-corrected chi connectivity index (χ2v) is 5.19. The van der Waals surface area contributed by atoms with E-state index in [0.717, 1.165) is 31.4 Å². The van der Waals surface area contributed by atoms with Crippen LogP contribution in [0.5, 0.6) is 0 Å². The Kier molecular flexibility index (Phi) is 4.72. The molecular weight excluding hydrogens is 229 g/mol. The van der Waals surface area contributed by atoms with Gasteiger partial charge in [0.1, 0.15) is 5.82 Å². The van der Waals surface area contributed by atoms with E-state index in [4.69, 9.17) is 4.74 Å². The fraction of sp³-hybridized carbons (Fsp3) is 0.600. The molecule has 1 N–H and O–H groups in total. The third-order valence-electron chi connectivity index (χ3n) is 3.64. The van der Waals surface area contributed by atoms with Gasteiger partial charge in [0.2, 0.25) is 0 Å². The van der Waals surface area contributed by atoms with Crippen molar-refractivity contribution in [2.24, 2.45) is 0 Å². The van der Waals surface area contributed by atoms with Crippen molar-refractivity contribution in [3.05, 3.63) is 35.6 Å². The van der Waals surface area contributed by atoms with E-state index in [1.807, 2.05) is 13.1 Å². The van der Waals surface area contributed by atoms with Crippen LogP contribution >= 0.6 is 0 Å². The summed E-state index contributed by atoms with van der Waals surface area (Å²) in [5.74, 6) is 0.162. The Bertz CT molecular complexity index is 383. The Hall–Kier alpha value is -0.930. The topological polar surface area (TPSA) is 21.3 Å². The predicted molar refractivity (Wildman–Crippen MR) is 71.3 cm³/mol. The predicted octanol–water partition coefficient (Wildman–Crippen LogP) is 3.09. The average molecular weight is 251 g/mol. The van der Waals surface area contributed by atoms with Crippen molar-refractivity contribution in [2.45, 2.75) is 44.3 Å². The number of nitrogens with one attached hydrogen (secondary N) is 1. The third kappa shape index (κ3) is 3.53. The third-order valence-corrected chi connectivity index (χ3v) is 3.64. The first-order chi connectivity index (χ1) is 8.69. The van der Waals surface area contributed by atoms with Gasteiger partial charge < -0.3 is 10.1 Å². The zero-order valence-electron chi connectivity index (χ0n) is 11.2.